The zero-order valence-electron chi connectivity index (χ0n) is 14.1. The SMILES string of the molecule is CC(C)CC1CN(CC2CCCO2)C2(CCCCC2)CN1. The Hall–Kier alpha value is -0.120. The molecule has 0 bridgehead atoms. The van der Waals surface area contributed by atoms with Crippen molar-refractivity contribution in [2.24, 2.45) is 5.92 Å². The third-order valence-corrected chi connectivity index (χ3v) is 5.82. The van der Waals surface area contributed by atoms with E-state index in [9.17, 15) is 0 Å². The molecule has 0 aromatic heterocycles. The van der Waals surface area contributed by atoms with Crippen LogP contribution in [0.5, 0.6) is 0 Å². The minimum atomic E-state index is 0.442. The van der Waals surface area contributed by atoms with Gasteiger partial charge in [-0.05, 0) is 38.0 Å². The molecule has 2 atom stereocenters. The second-order valence-corrected chi connectivity index (χ2v) is 8.03. The molecule has 0 aromatic carbocycles. The topological polar surface area (TPSA) is 24.5 Å². The zero-order chi connectivity index (χ0) is 14.7. The van der Waals surface area contributed by atoms with Crippen LogP contribution in [0.2, 0.25) is 0 Å². The van der Waals surface area contributed by atoms with Gasteiger partial charge in [-0.25, -0.2) is 0 Å². The molecule has 0 aromatic rings. The van der Waals surface area contributed by atoms with Crippen LogP contribution in [-0.4, -0.2) is 48.8 Å². The van der Waals surface area contributed by atoms with E-state index in [4.69, 9.17) is 4.74 Å². The number of hydrogen-bond donors (Lipinski definition) is 1. The molecule has 1 N–H and O–H groups in total. The summed E-state index contributed by atoms with van der Waals surface area (Å²) in [5.41, 5.74) is 0.442. The number of nitrogens with zero attached hydrogens (tertiary/aromatic N) is 1. The fraction of sp³-hybridized carbons (Fsp3) is 1.00. The molecule has 1 aliphatic carbocycles. The quantitative estimate of drug-likeness (QED) is 0.862. The van der Waals surface area contributed by atoms with Gasteiger partial charge in [-0.2, -0.15) is 0 Å². The molecule has 3 fully saturated rings. The Labute approximate surface area is 130 Å². The summed E-state index contributed by atoms with van der Waals surface area (Å²) in [5.74, 6) is 0.785. The van der Waals surface area contributed by atoms with Gasteiger partial charge in [0.1, 0.15) is 0 Å². The van der Waals surface area contributed by atoms with Gasteiger partial charge in [0.05, 0.1) is 6.10 Å². The van der Waals surface area contributed by atoms with Crippen LogP contribution in [0.15, 0.2) is 0 Å². The van der Waals surface area contributed by atoms with E-state index in [2.05, 4.69) is 24.1 Å². The molecule has 21 heavy (non-hydrogen) atoms. The van der Waals surface area contributed by atoms with Crippen LogP contribution in [0, 0.1) is 5.92 Å². The zero-order valence-corrected chi connectivity index (χ0v) is 14.1. The molecule has 0 radical (unpaired) electrons. The van der Waals surface area contributed by atoms with Crippen molar-refractivity contribution in [2.45, 2.75) is 82.9 Å². The van der Waals surface area contributed by atoms with Gasteiger partial charge in [-0.1, -0.05) is 33.1 Å². The van der Waals surface area contributed by atoms with Crippen molar-refractivity contribution in [3.63, 3.8) is 0 Å². The average molecular weight is 294 g/mol. The van der Waals surface area contributed by atoms with Crippen LogP contribution in [0.1, 0.15) is 65.2 Å². The van der Waals surface area contributed by atoms with Crippen LogP contribution in [0.3, 0.4) is 0 Å². The number of piperazine rings is 1. The first kappa shape index (κ1) is 15.8. The molecule has 1 spiro atoms. The lowest BCUT2D eigenvalue weighted by atomic mass is 9.77. The lowest BCUT2D eigenvalue weighted by Gasteiger charge is -2.53. The Morgan fingerprint density at radius 1 is 1.19 bits per heavy atom. The van der Waals surface area contributed by atoms with Gasteiger partial charge in [0, 0.05) is 37.8 Å². The highest BCUT2D eigenvalue weighted by Crippen LogP contribution is 2.36. The Morgan fingerprint density at radius 2 is 2.00 bits per heavy atom. The van der Waals surface area contributed by atoms with Crippen LogP contribution >= 0.6 is 0 Å². The van der Waals surface area contributed by atoms with Gasteiger partial charge in [-0.3, -0.25) is 4.90 Å². The standard InChI is InChI=1S/C18H34N2O/c1-15(2)11-16-12-20(13-17-7-6-10-21-17)18(14-19-16)8-4-3-5-9-18/h15-17,19H,3-14H2,1-2H3. The summed E-state index contributed by atoms with van der Waals surface area (Å²) in [6.07, 6.45) is 11.4. The maximum absolute atomic E-state index is 5.94. The van der Waals surface area contributed by atoms with E-state index >= 15 is 0 Å². The van der Waals surface area contributed by atoms with Crippen molar-refractivity contribution in [1.82, 2.24) is 10.2 Å². The molecule has 2 aliphatic heterocycles. The monoisotopic (exact) mass is 294 g/mol. The highest BCUT2D eigenvalue weighted by atomic mass is 16.5. The van der Waals surface area contributed by atoms with Gasteiger partial charge >= 0.3 is 0 Å². The Bertz CT molecular complexity index is 319. The molecule has 2 saturated heterocycles. The normalized spacial score (nSPS) is 33.9. The first-order valence-corrected chi connectivity index (χ1v) is 9.28. The van der Waals surface area contributed by atoms with Crippen LogP contribution in [-0.2, 0) is 4.74 Å². The van der Waals surface area contributed by atoms with E-state index in [-0.39, 0.29) is 0 Å². The summed E-state index contributed by atoms with van der Waals surface area (Å²) in [5, 5.41) is 3.88. The predicted molar refractivity (Wildman–Crippen MR) is 87.6 cm³/mol. The highest BCUT2D eigenvalue weighted by molar-refractivity contribution is 5.01. The predicted octanol–water partition coefficient (Wildman–Crippen LogP) is 3.19. The van der Waals surface area contributed by atoms with Gasteiger partial charge in [0.25, 0.3) is 0 Å². The Balaban J connectivity index is 1.66. The van der Waals surface area contributed by atoms with Crippen molar-refractivity contribution in [1.29, 1.82) is 0 Å². The van der Waals surface area contributed by atoms with Crippen molar-refractivity contribution in [3.8, 4) is 0 Å². The summed E-state index contributed by atoms with van der Waals surface area (Å²) in [6.45, 7) is 9.29. The van der Waals surface area contributed by atoms with Crippen LogP contribution in [0.25, 0.3) is 0 Å². The number of hydrogen-bond acceptors (Lipinski definition) is 3. The van der Waals surface area contributed by atoms with E-state index in [1.54, 1.807) is 0 Å². The maximum atomic E-state index is 5.94. The molecule has 2 unspecified atom stereocenters. The first-order chi connectivity index (χ1) is 10.2. The highest BCUT2D eigenvalue weighted by Gasteiger charge is 2.43. The summed E-state index contributed by atoms with van der Waals surface area (Å²) in [6, 6.07) is 0.680. The van der Waals surface area contributed by atoms with E-state index < -0.39 is 0 Å². The van der Waals surface area contributed by atoms with Crippen molar-refractivity contribution < 1.29 is 4.74 Å². The summed E-state index contributed by atoms with van der Waals surface area (Å²) in [7, 11) is 0. The molecule has 122 valence electrons. The van der Waals surface area contributed by atoms with Crippen molar-refractivity contribution >= 4 is 0 Å². The van der Waals surface area contributed by atoms with Gasteiger partial charge in [0.2, 0.25) is 0 Å². The molecule has 0 amide bonds. The van der Waals surface area contributed by atoms with E-state index in [1.165, 1.54) is 71.0 Å². The molecule has 1 saturated carbocycles. The molecular weight excluding hydrogens is 260 g/mol. The van der Waals surface area contributed by atoms with E-state index in [1.807, 2.05) is 0 Å². The second-order valence-electron chi connectivity index (χ2n) is 8.03. The van der Waals surface area contributed by atoms with Crippen LogP contribution in [0.4, 0.5) is 0 Å². The number of rotatable bonds is 4. The molecular formula is C18H34N2O. The van der Waals surface area contributed by atoms with Gasteiger partial charge < -0.3 is 10.1 Å². The van der Waals surface area contributed by atoms with Crippen molar-refractivity contribution in [2.75, 3.05) is 26.2 Å². The number of ether oxygens (including phenoxy) is 1. The Kier molecular flexibility index (Phi) is 5.23. The molecule has 3 aliphatic rings. The van der Waals surface area contributed by atoms with Crippen molar-refractivity contribution in [3.05, 3.63) is 0 Å². The third-order valence-electron chi connectivity index (χ3n) is 5.82. The van der Waals surface area contributed by atoms with E-state index in [0.29, 0.717) is 17.7 Å². The molecule has 3 rings (SSSR count). The largest absolute Gasteiger partial charge is 0.377 e. The first-order valence-electron chi connectivity index (χ1n) is 9.28. The Morgan fingerprint density at radius 3 is 2.67 bits per heavy atom. The molecule has 3 nitrogen and oxygen atoms in total. The minimum absolute atomic E-state index is 0.442. The third kappa shape index (κ3) is 3.80. The molecule has 3 heteroatoms. The summed E-state index contributed by atoms with van der Waals surface area (Å²) < 4.78 is 5.94. The van der Waals surface area contributed by atoms with Gasteiger partial charge in [-0.15, -0.1) is 0 Å². The van der Waals surface area contributed by atoms with Crippen LogP contribution < -0.4 is 5.32 Å². The average Bonchev–Trinajstić information content (AvgIpc) is 2.96. The van der Waals surface area contributed by atoms with E-state index in [0.717, 1.165) is 12.5 Å². The summed E-state index contributed by atoms with van der Waals surface area (Å²) in [4.78, 5) is 2.84. The molecule has 2 heterocycles. The minimum Gasteiger partial charge on any atom is -0.377 e. The fourth-order valence-electron chi connectivity index (χ4n) is 4.70. The second kappa shape index (κ2) is 6.97. The fourth-order valence-corrected chi connectivity index (χ4v) is 4.70. The van der Waals surface area contributed by atoms with Gasteiger partial charge in [0.15, 0.2) is 0 Å². The lowest BCUT2D eigenvalue weighted by molar-refractivity contribution is -0.0284. The lowest BCUT2D eigenvalue weighted by Crippen LogP contribution is -2.66. The maximum Gasteiger partial charge on any atom is 0.0703 e. The number of nitrogens with one attached hydrogen (secondary N) is 1. The summed E-state index contributed by atoms with van der Waals surface area (Å²) >= 11 is 0. The smallest absolute Gasteiger partial charge is 0.0703 e.